The lowest BCUT2D eigenvalue weighted by molar-refractivity contribution is 0.0730. The maximum Gasteiger partial charge on any atom is 0.254 e. The zero-order valence-electron chi connectivity index (χ0n) is 17.1. The van der Waals surface area contributed by atoms with Gasteiger partial charge in [0.2, 0.25) is 0 Å². The monoisotopic (exact) mass is 402 g/mol. The number of aromatic nitrogens is 1. The molecular weight excluding hydrogens is 379 g/mol. The molecule has 0 unspecified atom stereocenters. The third kappa shape index (κ3) is 3.02. The summed E-state index contributed by atoms with van der Waals surface area (Å²) in [6, 6.07) is 14.6. The van der Waals surface area contributed by atoms with Crippen molar-refractivity contribution in [3.05, 3.63) is 94.3 Å². The van der Waals surface area contributed by atoms with Crippen LogP contribution in [0.5, 0.6) is 0 Å². The van der Waals surface area contributed by atoms with Crippen LogP contribution in [-0.4, -0.2) is 21.9 Å². The number of carbonyl (C=O) groups excluding carboxylic acids is 1. The second-order valence-corrected chi connectivity index (χ2v) is 7.97. The molecule has 4 aromatic rings. The summed E-state index contributed by atoms with van der Waals surface area (Å²) in [7, 11) is 0. The summed E-state index contributed by atoms with van der Waals surface area (Å²) in [5.41, 5.74) is 5.63. The first-order valence-electron chi connectivity index (χ1n) is 10.2. The van der Waals surface area contributed by atoms with Crippen LogP contribution in [-0.2, 0) is 19.5 Å². The Morgan fingerprint density at radius 3 is 2.80 bits per heavy atom. The number of nitrogens with zero attached hydrogens (tertiary/aromatic N) is 2. The van der Waals surface area contributed by atoms with Crippen molar-refractivity contribution in [2.24, 2.45) is 0 Å². The van der Waals surface area contributed by atoms with Gasteiger partial charge in [-0.3, -0.25) is 4.79 Å². The fourth-order valence-electron chi connectivity index (χ4n) is 4.39. The molecule has 0 N–H and O–H groups in total. The van der Waals surface area contributed by atoms with Crippen LogP contribution in [0.3, 0.4) is 0 Å². The Morgan fingerprint density at radius 1 is 1.13 bits per heavy atom. The molecule has 2 aromatic carbocycles. The fraction of sp³-hybridized carbons (Fsp3) is 0.240. The standard InChI is InChI=1S/C25H23FN2O2/c1-16-17(2)28(15-19-5-3-4-6-22(19)26)23-8-7-18(13-21(16)23)25(29)27-11-9-24-20(14-27)10-12-30-24/h3-8,10,12-13H,9,11,14-15H2,1-2H3. The molecular formula is C25H23FN2O2. The first-order chi connectivity index (χ1) is 14.5. The van der Waals surface area contributed by atoms with E-state index in [2.05, 4.69) is 11.5 Å². The first-order valence-corrected chi connectivity index (χ1v) is 10.2. The fourth-order valence-corrected chi connectivity index (χ4v) is 4.39. The summed E-state index contributed by atoms with van der Waals surface area (Å²) < 4.78 is 21.8. The number of furan rings is 1. The SMILES string of the molecule is Cc1c(C)n(Cc2ccccc2F)c2ccc(C(=O)N3CCc4occc4C3)cc12. The summed E-state index contributed by atoms with van der Waals surface area (Å²) in [6.07, 6.45) is 2.43. The van der Waals surface area contributed by atoms with Gasteiger partial charge in [-0.2, -0.15) is 0 Å². The van der Waals surface area contributed by atoms with Crippen molar-refractivity contribution < 1.29 is 13.6 Å². The maximum atomic E-state index is 14.2. The molecule has 0 saturated carbocycles. The molecule has 0 spiro atoms. The molecule has 152 valence electrons. The normalized spacial score (nSPS) is 13.6. The van der Waals surface area contributed by atoms with Crippen LogP contribution >= 0.6 is 0 Å². The van der Waals surface area contributed by atoms with E-state index in [1.165, 1.54) is 6.07 Å². The van der Waals surface area contributed by atoms with Gasteiger partial charge in [0, 0.05) is 52.8 Å². The molecule has 5 rings (SSSR count). The van der Waals surface area contributed by atoms with Gasteiger partial charge in [-0.05, 0) is 49.7 Å². The highest BCUT2D eigenvalue weighted by molar-refractivity contribution is 5.99. The van der Waals surface area contributed by atoms with E-state index in [0.29, 0.717) is 30.8 Å². The Bertz CT molecular complexity index is 1270. The van der Waals surface area contributed by atoms with Gasteiger partial charge >= 0.3 is 0 Å². The molecule has 0 fully saturated rings. The van der Waals surface area contributed by atoms with Gasteiger partial charge in [-0.25, -0.2) is 4.39 Å². The summed E-state index contributed by atoms with van der Waals surface area (Å²) in [5, 5.41) is 1.04. The summed E-state index contributed by atoms with van der Waals surface area (Å²) in [5.74, 6) is 0.806. The van der Waals surface area contributed by atoms with Crippen LogP contribution < -0.4 is 0 Å². The number of fused-ring (bicyclic) bond motifs is 2. The number of halogens is 1. The van der Waals surface area contributed by atoms with E-state index in [-0.39, 0.29) is 11.7 Å². The highest BCUT2D eigenvalue weighted by atomic mass is 19.1. The lowest BCUT2D eigenvalue weighted by Gasteiger charge is -2.26. The van der Waals surface area contributed by atoms with Crippen molar-refractivity contribution in [1.82, 2.24) is 9.47 Å². The van der Waals surface area contributed by atoms with Crippen molar-refractivity contribution in [1.29, 1.82) is 0 Å². The predicted molar refractivity (Wildman–Crippen MR) is 114 cm³/mol. The van der Waals surface area contributed by atoms with Crippen molar-refractivity contribution in [2.45, 2.75) is 33.4 Å². The molecule has 0 atom stereocenters. The number of rotatable bonds is 3. The van der Waals surface area contributed by atoms with Gasteiger partial charge in [0.05, 0.1) is 12.8 Å². The molecule has 5 heteroatoms. The molecule has 0 aliphatic carbocycles. The summed E-state index contributed by atoms with van der Waals surface area (Å²) in [6.45, 7) is 5.80. The number of hydrogen-bond acceptors (Lipinski definition) is 2. The number of amides is 1. The molecule has 2 aromatic heterocycles. The molecule has 0 saturated heterocycles. The van der Waals surface area contributed by atoms with Crippen LogP contribution in [0.15, 0.2) is 59.2 Å². The molecule has 3 heterocycles. The molecule has 0 bridgehead atoms. The second kappa shape index (κ2) is 7.17. The average Bonchev–Trinajstić information content (AvgIpc) is 3.32. The van der Waals surface area contributed by atoms with E-state index in [1.807, 2.05) is 48.2 Å². The van der Waals surface area contributed by atoms with Gasteiger partial charge in [0.15, 0.2) is 0 Å². The predicted octanol–water partition coefficient (Wildman–Crippen LogP) is 5.24. The Kier molecular flexibility index (Phi) is 4.46. The zero-order valence-corrected chi connectivity index (χ0v) is 17.1. The topological polar surface area (TPSA) is 38.4 Å². The van der Waals surface area contributed by atoms with E-state index < -0.39 is 0 Å². The molecule has 1 aliphatic rings. The Labute approximate surface area is 174 Å². The van der Waals surface area contributed by atoms with E-state index >= 15 is 0 Å². The quantitative estimate of drug-likeness (QED) is 0.470. The first kappa shape index (κ1) is 18.7. The van der Waals surface area contributed by atoms with E-state index in [4.69, 9.17) is 4.42 Å². The molecule has 1 amide bonds. The molecule has 1 aliphatic heterocycles. The third-order valence-corrected chi connectivity index (χ3v) is 6.27. The minimum atomic E-state index is -0.202. The summed E-state index contributed by atoms with van der Waals surface area (Å²) in [4.78, 5) is 15.0. The third-order valence-electron chi connectivity index (χ3n) is 6.27. The second-order valence-electron chi connectivity index (χ2n) is 7.97. The minimum Gasteiger partial charge on any atom is -0.469 e. The summed E-state index contributed by atoms with van der Waals surface area (Å²) >= 11 is 0. The van der Waals surface area contributed by atoms with Crippen molar-refractivity contribution in [3.63, 3.8) is 0 Å². The van der Waals surface area contributed by atoms with E-state index in [9.17, 15) is 9.18 Å². The van der Waals surface area contributed by atoms with E-state index in [0.717, 1.165) is 39.9 Å². The van der Waals surface area contributed by atoms with Gasteiger partial charge in [-0.1, -0.05) is 18.2 Å². The largest absolute Gasteiger partial charge is 0.469 e. The highest BCUT2D eigenvalue weighted by Crippen LogP contribution is 2.29. The van der Waals surface area contributed by atoms with E-state index in [1.54, 1.807) is 12.3 Å². The van der Waals surface area contributed by atoms with Gasteiger partial charge in [0.1, 0.15) is 11.6 Å². The van der Waals surface area contributed by atoms with Gasteiger partial charge < -0.3 is 13.9 Å². The van der Waals surface area contributed by atoms with Gasteiger partial charge in [0.25, 0.3) is 5.91 Å². The number of benzene rings is 2. The number of hydrogen-bond donors (Lipinski definition) is 0. The van der Waals surface area contributed by atoms with Crippen LogP contribution in [0.4, 0.5) is 4.39 Å². The van der Waals surface area contributed by atoms with Crippen molar-refractivity contribution >= 4 is 16.8 Å². The Balaban J connectivity index is 1.49. The number of carbonyl (C=O) groups is 1. The average molecular weight is 402 g/mol. The lowest BCUT2D eigenvalue weighted by atomic mass is 10.1. The van der Waals surface area contributed by atoms with Gasteiger partial charge in [-0.15, -0.1) is 0 Å². The Morgan fingerprint density at radius 2 is 1.97 bits per heavy atom. The zero-order chi connectivity index (χ0) is 20.8. The molecule has 0 radical (unpaired) electrons. The van der Waals surface area contributed by atoms with Crippen LogP contribution in [0, 0.1) is 19.7 Å². The van der Waals surface area contributed by atoms with Crippen molar-refractivity contribution in [2.75, 3.05) is 6.54 Å². The van der Waals surface area contributed by atoms with Crippen molar-refractivity contribution in [3.8, 4) is 0 Å². The molecule has 30 heavy (non-hydrogen) atoms. The van der Waals surface area contributed by atoms with Crippen LogP contribution in [0.25, 0.3) is 10.9 Å². The lowest BCUT2D eigenvalue weighted by Crippen LogP contribution is -2.35. The van der Waals surface area contributed by atoms with Crippen LogP contribution in [0.1, 0.15) is 38.5 Å². The number of aryl methyl sites for hydroxylation is 1. The van der Waals surface area contributed by atoms with Crippen LogP contribution in [0.2, 0.25) is 0 Å². The molecule has 4 nitrogen and oxygen atoms in total. The highest BCUT2D eigenvalue weighted by Gasteiger charge is 2.24. The smallest absolute Gasteiger partial charge is 0.254 e. The Hall–Kier alpha value is -3.34. The maximum absolute atomic E-state index is 14.2. The minimum absolute atomic E-state index is 0.0302.